The maximum absolute atomic E-state index is 10.4. The molecule has 1 aliphatic carbocycles. The minimum Gasteiger partial charge on any atom is -0.446 e. The van der Waals surface area contributed by atoms with E-state index in [2.05, 4.69) is 0 Å². The van der Waals surface area contributed by atoms with Gasteiger partial charge in [0, 0.05) is 12.5 Å². The van der Waals surface area contributed by atoms with Crippen LogP contribution in [0.4, 0.5) is 4.79 Å². The van der Waals surface area contributed by atoms with Crippen LogP contribution in [0.15, 0.2) is 0 Å². The van der Waals surface area contributed by atoms with E-state index >= 15 is 0 Å². The smallest absolute Gasteiger partial charge is 0.404 e. The lowest BCUT2D eigenvalue weighted by molar-refractivity contribution is 0.0192. The van der Waals surface area contributed by atoms with Crippen molar-refractivity contribution >= 4 is 6.09 Å². The van der Waals surface area contributed by atoms with Gasteiger partial charge in [0.05, 0.1) is 0 Å². The summed E-state index contributed by atoms with van der Waals surface area (Å²) in [7, 11) is 0. The van der Waals surface area contributed by atoms with E-state index in [4.69, 9.17) is 15.6 Å². The van der Waals surface area contributed by atoms with Gasteiger partial charge in [-0.1, -0.05) is 6.42 Å². The van der Waals surface area contributed by atoms with Gasteiger partial charge in [-0.15, -0.1) is 0 Å². The predicted octanol–water partition coefficient (Wildman–Crippen LogP) is 0.633. The topological polar surface area (TPSA) is 72.6 Å². The average Bonchev–Trinajstić information content (AvgIpc) is 2.04. The molecule has 4 nitrogen and oxygen atoms in total. The third-order valence-corrected chi connectivity index (χ3v) is 2.34. The average molecular weight is 173 g/mol. The molecule has 4 heteroatoms. The number of carbonyl (C=O) groups is 1. The lowest BCUT2D eigenvalue weighted by atomic mass is 9.87. The van der Waals surface area contributed by atoms with Crippen LogP contribution in [0.25, 0.3) is 0 Å². The Morgan fingerprint density at radius 3 is 2.75 bits per heavy atom. The Morgan fingerprint density at radius 2 is 2.17 bits per heavy atom. The normalized spacial score (nSPS) is 29.8. The quantitative estimate of drug-likeness (QED) is 0.643. The van der Waals surface area contributed by atoms with Crippen molar-refractivity contribution in [3.8, 4) is 0 Å². The number of rotatable bonds is 2. The molecule has 0 heterocycles. The van der Waals surface area contributed by atoms with Gasteiger partial charge >= 0.3 is 6.09 Å². The zero-order valence-electron chi connectivity index (χ0n) is 7.03. The van der Waals surface area contributed by atoms with E-state index in [0.717, 1.165) is 25.7 Å². The molecule has 0 aromatic carbocycles. The molecular formula is C8H15NO3. The van der Waals surface area contributed by atoms with E-state index in [0.29, 0.717) is 0 Å². The largest absolute Gasteiger partial charge is 0.446 e. The number of carbonyl (C=O) groups excluding carboxylic acids is 1. The fraction of sp³-hybridized carbons (Fsp3) is 0.875. The molecule has 2 atom stereocenters. The molecule has 70 valence electrons. The molecular weight excluding hydrogens is 158 g/mol. The molecule has 0 aromatic rings. The highest BCUT2D eigenvalue weighted by atomic mass is 16.6. The molecule has 1 rings (SSSR count). The van der Waals surface area contributed by atoms with Crippen LogP contribution in [0.1, 0.15) is 25.7 Å². The number of hydrogen-bond donors (Lipinski definition) is 2. The summed E-state index contributed by atoms with van der Waals surface area (Å²) in [5, 5.41) is 8.94. The molecule has 1 aliphatic rings. The highest BCUT2D eigenvalue weighted by molar-refractivity contribution is 5.64. The van der Waals surface area contributed by atoms with Crippen LogP contribution in [-0.2, 0) is 4.74 Å². The summed E-state index contributed by atoms with van der Waals surface area (Å²) in [6.45, 7) is 0.0813. The maximum atomic E-state index is 10.4. The molecule has 0 spiro atoms. The monoisotopic (exact) mass is 173 g/mol. The molecule has 1 fully saturated rings. The second-order valence-corrected chi connectivity index (χ2v) is 3.20. The predicted molar refractivity (Wildman–Crippen MR) is 43.5 cm³/mol. The summed E-state index contributed by atoms with van der Waals surface area (Å²) in [4.78, 5) is 10.4. The first kappa shape index (κ1) is 9.32. The summed E-state index contributed by atoms with van der Waals surface area (Å²) >= 11 is 0. The summed E-state index contributed by atoms with van der Waals surface area (Å²) < 4.78 is 4.87. The van der Waals surface area contributed by atoms with E-state index in [-0.39, 0.29) is 18.6 Å². The van der Waals surface area contributed by atoms with E-state index in [1.807, 2.05) is 0 Å². The number of amides is 1. The first-order valence-electron chi connectivity index (χ1n) is 4.31. The van der Waals surface area contributed by atoms with Crippen LogP contribution in [-0.4, -0.2) is 23.9 Å². The summed E-state index contributed by atoms with van der Waals surface area (Å²) in [5.41, 5.74) is 4.90. The third kappa shape index (κ3) is 2.37. The second kappa shape index (κ2) is 4.30. The molecule has 0 aliphatic heterocycles. The molecule has 1 amide bonds. The Balaban J connectivity index is 2.41. The second-order valence-electron chi connectivity index (χ2n) is 3.20. The molecule has 0 radical (unpaired) electrons. The minimum absolute atomic E-state index is 0.0813. The molecule has 2 unspecified atom stereocenters. The third-order valence-electron chi connectivity index (χ3n) is 2.34. The Bertz CT molecular complexity index is 160. The fourth-order valence-electron chi connectivity index (χ4n) is 1.69. The number of ether oxygens (including phenoxy) is 1. The van der Waals surface area contributed by atoms with Crippen molar-refractivity contribution in [1.82, 2.24) is 0 Å². The van der Waals surface area contributed by atoms with Crippen molar-refractivity contribution in [2.75, 3.05) is 6.61 Å². The molecule has 1 saturated carbocycles. The van der Waals surface area contributed by atoms with Gasteiger partial charge < -0.3 is 15.6 Å². The van der Waals surface area contributed by atoms with Gasteiger partial charge in [0.25, 0.3) is 0 Å². The van der Waals surface area contributed by atoms with Crippen LogP contribution in [0.5, 0.6) is 0 Å². The fourth-order valence-corrected chi connectivity index (χ4v) is 1.69. The van der Waals surface area contributed by atoms with Gasteiger partial charge in [0.1, 0.15) is 6.10 Å². The van der Waals surface area contributed by atoms with Crippen LogP contribution in [0.2, 0.25) is 0 Å². The van der Waals surface area contributed by atoms with Crippen molar-refractivity contribution in [3.05, 3.63) is 0 Å². The van der Waals surface area contributed by atoms with Gasteiger partial charge in [-0.2, -0.15) is 0 Å². The molecule has 0 saturated heterocycles. The van der Waals surface area contributed by atoms with Crippen molar-refractivity contribution in [2.24, 2.45) is 11.7 Å². The van der Waals surface area contributed by atoms with Crippen molar-refractivity contribution in [3.63, 3.8) is 0 Å². The van der Waals surface area contributed by atoms with Gasteiger partial charge in [-0.25, -0.2) is 4.79 Å². The zero-order chi connectivity index (χ0) is 8.97. The van der Waals surface area contributed by atoms with E-state index in [1.165, 1.54) is 0 Å². The number of aliphatic hydroxyl groups is 1. The molecule has 12 heavy (non-hydrogen) atoms. The highest BCUT2D eigenvalue weighted by Crippen LogP contribution is 2.26. The lowest BCUT2D eigenvalue weighted by Gasteiger charge is -2.28. The Labute approximate surface area is 71.7 Å². The van der Waals surface area contributed by atoms with E-state index in [1.54, 1.807) is 0 Å². The van der Waals surface area contributed by atoms with Gasteiger partial charge in [0.2, 0.25) is 0 Å². The minimum atomic E-state index is -0.736. The van der Waals surface area contributed by atoms with Crippen LogP contribution >= 0.6 is 0 Å². The number of hydrogen-bond acceptors (Lipinski definition) is 3. The number of primary amides is 1. The van der Waals surface area contributed by atoms with Crippen LogP contribution in [0.3, 0.4) is 0 Å². The molecule has 0 bridgehead atoms. The lowest BCUT2D eigenvalue weighted by Crippen LogP contribution is -2.34. The molecule has 0 aromatic heterocycles. The zero-order valence-corrected chi connectivity index (χ0v) is 7.03. The van der Waals surface area contributed by atoms with Crippen LogP contribution < -0.4 is 5.73 Å². The number of nitrogens with two attached hydrogens (primary N) is 1. The van der Waals surface area contributed by atoms with Crippen molar-refractivity contribution < 1.29 is 14.6 Å². The summed E-state index contributed by atoms with van der Waals surface area (Å²) in [6.07, 6.45) is 3.00. The standard InChI is InChI=1S/C8H15NO3/c9-8(11)12-7-4-2-1-3-6(7)5-10/h6-7,10H,1-5H2,(H2,9,11). The summed E-state index contributed by atoms with van der Waals surface area (Å²) in [6, 6.07) is 0. The molecule has 3 N–H and O–H groups in total. The highest BCUT2D eigenvalue weighted by Gasteiger charge is 2.26. The van der Waals surface area contributed by atoms with Gasteiger partial charge in [-0.3, -0.25) is 0 Å². The first-order chi connectivity index (χ1) is 5.74. The first-order valence-corrected chi connectivity index (χ1v) is 4.31. The Kier molecular flexibility index (Phi) is 3.34. The van der Waals surface area contributed by atoms with Crippen LogP contribution in [0, 0.1) is 5.92 Å². The van der Waals surface area contributed by atoms with Gasteiger partial charge in [0.15, 0.2) is 0 Å². The summed E-state index contributed by atoms with van der Waals surface area (Å²) in [5.74, 6) is 0.0891. The Hall–Kier alpha value is -0.770. The van der Waals surface area contributed by atoms with Gasteiger partial charge in [-0.05, 0) is 19.3 Å². The van der Waals surface area contributed by atoms with E-state index < -0.39 is 6.09 Å². The SMILES string of the molecule is NC(=O)OC1CCCCC1CO. The van der Waals surface area contributed by atoms with Crippen molar-refractivity contribution in [2.45, 2.75) is 31.8 Å². The van der Waals surface area contributed by atoms with Crippen molar-refractivity contribution in [1.29, 1.82) is 0 Å². The maximum Gasteiger partial charge on any atom is 0.404 e. The Morgan fingerprint density at radius 1 is 1.50 bits per heavy atom. The van der Waals surface area contributed by atoms with E-state index in [9.17, 15) is 4.79 Å². The number of aliphatic hydroxyl groups excluding tert-OH is 1.